The van der Waals surface area contributed by atoms with E-state index in [1.54, 1.807) is 17.2 Å². The van der Waals surface area contributed by atoms with Crippen molar-refractivity contribution in [1.82, 2.24) is 25.0 Å². The molecule has 0 spiro atoms. The summed E-state index contributed by atoms with van der Waals surface area (Å²) < 4.78 is 1.76. The molecule has 0 saturated carbocycles. The van der Waals surface area contributed by atoms with Gasteiger partial charge in [0.25, 0.3) is 0 Å². The summed E-state index contributed by atoms with van der Waals surface area (Å²) in [6.45, 7) is 1.63. The molecule has 3 aromatic rings. The first-order valence-corrected chi connectivity index (χ1v) is 9.05. The molecule has 27 heavy (non-hydrogen) atoms. The largest absolute Gasteiger partial charge is 0.351 e. The predicted molar refractivity (Wildman–Crippen MR) is 101 cm³/mol. The fourth-order valence-electron chi connectivity index (χ4n) is 3.53. The van der Waals surface area contributed by atoms with Crippen LogP contribution in [-0.2, 0) is 22.7 Å². The van der Waals surface area contributed by atoms with E-state index in [-0.39, 0.29) is 17.9 Å². The average Bonchev–Trinajstić information content (AvgIpc) is 3.30. The number of hydrogen-bond acceptors (Lipinski definition) is 4. The van der Waals surface area contributed by atoms with Crippen LogP contribution in [0, 0.1) is 0 Å². The molecular weight excluding hydrogens is 342 g/mol. The van der Waals surface area contributed by atoms with Gasteiger partial charge in [0.15, 0.2) is 0 Å². The molecule has 2 heterocycles. The van der Waals surface area contributed by atoms with Gasteiger partial charge in [-0.3, -0.25) is 9.59 Å². The first kappa shape index (κ1) is 17.2. The monoisotopic (exact) mass is 363 g/mol. The minimum absolute atomic E-state index is 0.0616. The number of nitrogens with one attached hydrogen (secondary N) is 1. The molecule has 4 rings (SSSR count). The Morgan fingerprint density at radius 3 is 2.74 bits per heavy atom. The number of aryl methyl sites for hydroxylation is 1. The van der Waals surface area contributed by atoms with Gasteiger partial charge < -0.3 is 14.8 Å². The van der Waals surface area contributed by atoms with Crippen molar-refractivity contribution in [3.63, 3.8) is 0 Å². The van der Waals surface area contributed by atoms with E-state index in [2.05, 4.69) is 39.8 Å². The molecular formula is C20H21N5O2. The van der Waals surface area contributed by atoms with Crippen molar-refractivity contribution >= 4 is 22.6 Å². The maximum atomic E-state index is 12.4. The number of hydrogen-bond donors (Lipinski definition) is 1. The molecule has 1 aliphatic rings. The van der Waals surface area contributed by atoms with E-state index >= 15 is 0 Å². The summed E-state index contributed by atoms with van der Waals surface area (Å²) in [5, 5.41) is 12.7. The second-order valence-corrected chi connectivity index (χ2v) is 6.83. The third-order valence-electron chi connectivity index (χ3n) is 4.88. The molecule has 1 N–H and O–H groups in total. The van der Waals surface area contributed by atoms with E-state index in [9.17, 15) is 9.59 Å². The van der Waals surface area contributed by atoms with Gasteiger partial charge in [-0.15, -0.1) is 10.2 Å². The summed E-state index contributed by atoms with van der Waals surface area (Å²) >= 11 is 0. The van der Waals surface area contributed by atoms with Crippen molar-refractivity contribution in [3.8, 4) is 0 Å². The molecule has 0 aliphatic carbocycles. The lowest BCUT2D eigenvalue weighted by atomic mass is 10.0. The van der Waals surface area contributed by atoms with Gasteiger partial charge in [-0.1, -0.05) is 42.5 Å². The summed E-state index contributed by atoms with van der Waals surface area (Å²) in [6, 6.07) is 14.2. The van der Waals surface area contributed by atoms with Crippen LogP contribution < -0.4 is 5.32 Å². The molecule has 1 saturated heterocycles. The Kier molecular flexibility index (Phi) is 4.82. The smallest absolute Gasteiger partial charge is 0.225 e. The van der Waals surface area contributed by atoms with Crippen LogP contribution in [0.2, 0.25) is 0 Å². The topological polar surface area (TPSA) is 80.1 Å². The number of fused-ring (bicyclic) bond motifs is 1. The fourth-order valence-corrected chi connectivity index (χ4v) is 3.53. The number of carbonyl (C=O) groups is 2. The molecule has 1 aliphatic heterocycles. The highest BCUT2D eigenvalue weighted by Crippen LogP contribution is 2.22. The van der Waals surface area contributed by atoms with Crippen molar-refractivity contribution in [2.75, 3.05) is 6.54 Å². The van der Waals surface area contributed by atoms with Crippen molar-refractivity contribution in [3.05, 3.63) is 60.7 Å². The summed E-state index contributed by atoms with van der Waals surface area (Å²) in [7, 11) is 0. The Morgan fingerprint density at radius 2 is 1.89 bits per heavy atom. The Balaban J connectivity index is 1.35. The Labute approximate surface area is 157 Å². The van der Waals surface area contributed by atoms with Gasteiger partial charge in [0, 0.05) is 32.5 Å². The quantitative estimate of drug-likeness (QED) is 0.723. The SMILES string of the molecule is O=C(CCn1cnnc1)N[C@H]1CC(=O)N(Cc2cccc3ccccc23)C1. The van der Waals surface area contributed by atoms with Crippen molar-refractivity contribution in [2.45, 2.75) is 32.0 Å². The molecule has 1 atom stereocenters. The number of amides is 2. The van der Waals surface area contributed by atoms with Crippen LogP contribution in [0.4, 0.5) is 0 Å². The Morgan fingerprint density at radius 1 is 1.11 bits per heavy atom. The predicted octanol–water partition coefficient (Wildman–Crippen LogP) is 1.74. The van der Waals surface area contributed by atoms with Gasteiger partial charge >= 0.3 is 0 Å². The van der Waals surface area contributed by atoms with Crippen molar-refractivity contribution < 1.29 is 9.59 Å². The normalized spacial score (nSPS) is 16.8. The number of carbonyl (C=O) groups excluding carboxylic acids is 2. The molecule has 1 aromatic heterocycles. The molecule has 1 fully saturated rings. The van der Waals surface area contributed by atoms with E-state index in [1.165, 1.54) is 5.39 Å². The van der Waals surface area contributed by atoms with Gasteiger partial charge in [-0.25, -0.2) is 0 Å². The molecule has 0 bridgehead atoms. The van der Waals surface area contributed by atoms with Gasteiger partial charge in [0.1, 0.15) is 12.7 Å². The zero-order valence-corrected chi connectivity index (χ0v) is 14.9. The van der Waals surface area contributed by atoms with Crippen molar-refractivity contribution in [1.29, 1.82) is 0 Å². The van der Waals surface area contributed by atoms with E-state index in [0.29, 0.717) is 32.5 Å². The van der Waals surface area contributed by atoms with Gasteiger partial charge in [0.05, 0.1) is 6.04 Å². The lowest BCUT2D eigenvalue weighted by Gasteiger charge is -2.18. The number of rotatable bonds is 6. The first-order valence-electron chi connectivity index (χ1n) is 9.05. The third kappa shape index (κ3) is 3.97. The summed E-state index contributed by atoms with van der Waals surface area (Å²) in [5.74, 6) is 0.0144. The first-order chi connectivity index (χ1) is 13.2. The van der Waals surface area contributed by atoms with Crippen molar-refractivity contribution in [2.24, 2.45) is 0 Å². The zero-order chi connectivity index (χ0) is 18.6. The molecule has 0 unspecified atom stereocenters. The van der Waals surface area contributed by atoms with E-state index in [1.807, 2.05) is 23.1 Å². The highest BCUT2D eigenvalue weighted by atomic mass is 16.2. The van der Waals surface area contributed by atoms with Gasteiger partial charge in [-0.05, 0) is 16.3 Å². The van der Waals surface area contributed by atoms with E-state index in [0.717, 1.165) is 10.9 Å². The van der Waals surface area contributed by atoms with Crippen LogP contribution in [0.1, 0.15) is 18.4 Å². The second kappa shape index (κ2) is 7.57. The third-order valence-corrected chi connectivity index (χ3v) is 4.88. The van der Waals surface area contributed by atoms with Crippen LogP contribution >= 0.6 is 0 Å². The highest BCUT2D eigenvalue weighted by molar-refractivity contribution is 5.87. The molecule has 138 valence electrons. The standard InChI is InChI=1S/C20H21N5O2/c26-19(8-9-24-13-21-22-14-24)23-17-10-20(27)25(12-17)11-16-6-3-5-15-4-1-2-7-18(15)16/h1-7,13-14,17H,8-12H2,(H,23,26)/t17-/m0/s1. The average molecular weight is 363 g/mol. The molecule has 7 nitrogen and oxygen atoms in total. The van der Waals surface area contributed by atoms with Crippen LogP contribution in [-0.4, -0.2) is 44.1 Å². The lowest BCUT2D eigenvalue weighted by Crippen LogP contribution is -2.37. The number of likely N-dealkylation sites (tertiary alicyclic amines) is 1. The fraction of sp³-hybridized carbons (Fsp3) is 0.300. The van der Waals surface area contributed by atoms with Crippen LogP contribution in [0.15, 0.2) is 55.1 Å². The Bertz CT molecular complexity index is 949. The zero-order valence-electron chi connectivity index (χ0n) is 14.9. The van der Waals surface area contributed by atoms with E-state index < -0.39 is 0 Å². The number of nitrogens with zero attached hydrogens (tertiary/aromatic N) is 4. The van der Waals surface area contributed by atoms with Crippen LogP contribution in [0.3, 0.4) is 0 Å². The van der Waals surface area contributed by atoms with Crippen LogP contribution in [0.5, 0.6) is 0 Å². The number of benzene rings is 2. The molecule has 2 amide bonds. The van der Waals surface area contributed by atoms with Gasteiger partial charge in [-0.2, -0.15) is 0 Å². The summed E-state index contributed by atoms with van der Waals surface area (Å²) in [6.07, 6.45) is 3.85. The molecule has 7 heteroatoms. The minimum Gasteiger partial charge on any atom is -0.351 e. The Hall–Kier alpha value is -3.22. The maximum Gasteiger partial charge on any atom is 0.225 e. The number of aromatic nitrogens is 3. The molecule has 2 aromatic carbocycles. The highest BCUT2D eigenvalue weighted by Gasteiger charge is 2.30. The minimum atomic E-state index is -0.138. The van der Waals surface area contributed by atoms with Crippen LogP contribution in [0.25, 0.3) is 10.8 Å². The van der Waals surface area contributed by atoms with E-state index in [4.69, 9.17) is 0 Å². The maximum absolute atomic E-state index is 12.4. The second-order valence-electron chi connectivity index (χ2n) is 6.83. The summed E-state index contributed by atoms with van der Waals surface area (Å²) in [5.41, 5.74) is 1.13. The summed E-state index contributed by atoms with van der Waals surface area (Å²) in [4.78, 5) is 26.4. The lowest BCUT2D eigenvalue weighted by molar-refractivity contribution is -0.128. The van der Waals surface area contributed by atoms with Gasteiger partial charge in [0.2, 0.25) is 11.8 Å². The molecule has 0 radical (unpaired) electrons.